The molecule has 2 unspecified atom stereocenters. The Morgan fingerprint density at radius 1 is 1.12 bits per heavy atom. The first-order chi connectivity index (χ1) is 7.56. The van der Waals surface area contributed by atoms with Crippen molar-refractivity contribution >= 4 is 12.1 Å². The van der Waals surface area contributed by atoms with Crippen molar-refractivity contribution in [3.8, 4) is 0 Å². The Labute approximate surface area is 96.5 Å². The highest BCUT2D eigenvalue weighted by atomic mass is 16.6. The lowest BCUT2D eigenvalue weighted by Gasteiger charge is -2.21. The number of alkyl carbamates (subject to hydrolysis) is 1. The van der Waals surface area contributed by atoms with Gasteiger partial charge in [0.2, 0.25) is 0 Å². The fourth-order valence-electron chi connectivity index (χ4n) is 1.20. The van der Waals surface area contributed by atoms with Gasteiger partial charge in [-0.25, -0.2) is 9.59 Å². The topological polar surface area (TPSA) is 64.6 Å². The number of rotatable bonds is 6. The Morgan fingerprint density at radius 2 is 1.69 bits per heavy atom. The van der Waals surface area contributed by atoms with E-state index >= 15 is 0 Å². The molecule has 5 nitrogen and oxygen atoms in total. The second kappa shape index (κ2) is 7.96. The number of esters is 1. The van der Waals surface area contributed by atoms with Crippen LogP contribution in [0.2, 0.25) is 0 Å². The summed E-state index contributed by atoms with van der Waals surface area (Å²) in [5, 5.41) is 2.52. The lowest BCUT2D eigenvalue weighted by Crippen LogP contribution is -2.46. The number of carbonyl (C=O) groups excluding carboxylic acids is 2. The maximum absolute atomic E-state index is 11.6. The zero-order valence-corrected chi connectivity index (χ0v) is 10.4. The van der Waals surface area contributed by atoms with E-state index in [0.717, 1.165) is 6.42 Å². The SMILES string of the molecule is CCOC(=O)NC(C(=O)OCC)C(C)CC. The second-order valence-corrected chi connectivity index (χ2v) is 3.48. The Hall–Kier alpha value is -1.26. The van der Waals surface area contributed by atoms with Gasteiger partial charge in [0.05, 0.1) is 13.2 Å². The lowest BCUT2D eigenvalue weighted by molar-refractivity contribution is -0.146. The predicted molar refractivity (Wildman–Crippen MR) is 60.0 cm³/mol. The van der Waals surface area contributed by atoms with Gasteiger partial charge in [-0.3, -0.25) is 0 Å². The van der Waals surface area contributed by atoms with Crippen LogP contribution < -0.4 is 5.32 Å². The van der Waals surface area contributed by atoms with Crippen LogP contribution in [0.1, 0.15) is 34.1 Å². The van der Waals surface area contributed by atoms with Gasteiger partial charge in [0.15, 0.2) is 0 Å². The van der Waals surface area contributed by atoms with E-state index in [1.165, 1.54) is 0 Å². The molecule has 0 heterocycles. The fraction of sp³-hybridized carbons (Fsp3) is 0.818. The van der Waals surface area contributed by atoms with E-state index in [4.69, 9.17) is 9.47 Å². The summed E-state index contributed by atoms with van der Waals surface area (Å²) >= 11 is 0. The lowest BCUT2D eigenvalue weighted by atomic mass is 9.99. The monoisotopic (exact) mass is 231 g/mol. The molecule has 0 saturated carbocycles. The number of ether oxygens (including phenoxy) is 2. The average molecular weight is 231 g/mol. The molecule has 1 amide bonds. The molecule has 0 aliphatic carbocycles. The van der Waals surface area contributed by atoms with Crippen LogP contribution in [0, 0.1) is 5.92 Å². The largest absolute Gasteiger partial charge is 0.464 e. The molecule has 0 aliphatic rings. The van der Waals surface area contributed by atoms with E-state index in [9.17, 15) is 9.59 Å². The summed E-state index contributed by atoms with van der Waals surface area (Å²) < 4.78 is 9.63. The van der Waals surface area contributed by atoms with Crippen molar-refractivity contribution in [2.75, 3.05) is 13.2 Å². The molecule has 5 heteroatoms. The number of hydrogen-bond donors (Lipinski definition) is 1. The van der Waals surface area contributed by atoms with Crippen LogP contribution in [0.4, 0.5) is 4.79 Å². The number of carbonyl (C=O) groups is 2. The Morgan fingerprint density at radius 3 is 2.12 bits per heavy atom. The van der Waals surface area contributed by atoms with Crippen LogP contribution in [-0.2, 0) is 14.3 Å². The third-order valence-corrected chi connectivity index (χ3v) is 2.30. The molecule has 0 rings (SSSR count). The van der Waals surface area contributed by atoms with Crippen LogP contribution in [0.15, 0.2) is 0 Å². The summed E-state index contributed by atoms with van der Waals surface area (Å²) in [6.45, 7) is 7.85. The van der Waals surface area contributed by atoms with E-state index < -0.39 is 18.1 Å². The Balaban J connectivity index is 4.42. The Kier molecular flexibility index (Phi) is 7.33. The van der Waals surface area contributed by atoms with Crippen molar-refractivity contribution in [2.24, 2.45) is 5.92 Å². The average Bonchev–Trinajstić information content (AvgIpc) is 2.25. The molecule has 0 radical (unpaired) electrons. The molecule has 0 aromatic rings. The molecule has 0 aromatic carbocycles. The van der Waals surface area contributed by atoms with E-state index in [-0.39, 0.29) is 12.5 Å². The summed E-state index contributed by atoms with van der Waals surface area (Å²) in [5.41, 5.74) is 0. The molecular formula is C11H21NO4. The highest BCUT2D eigenvalue weighted by Gasteiger charge is 2.27. The third-order valence-electron chi connectivity index (χ3n) is 2.30. The van der Waals surface area contributed by atoms with E-state index in [0.29, 0.717) is 6.61 Å². The maximum atomic E-state index is 11.6. The highest BCUT2D eigenvalue weighted by Crippen LogP contribution is 2.09. The summed E-state index contributed by atoms with van der Waals surface area (Å²) in [4.78, 5) is 22.8. The molecule has 0 saturated heterocycles. The van der Waals surface area contributed by atoms with Crippen LogP contribution in [-0.4, -0.2) is 31.3 Å². The molecule has 0 bridgehead atoms. The molecule has 16 heavy (non-hydrogen) atoms. The van der Waals surface area contributed by atoms with E-state index in [2.05, 4.69) is 5.32 Å². The van der Waals surface area contributed by atoms with Crippen LogP contribution in [0.25, 0.3) is 0 Å². The predicted octanol–water partition coefficient (Wildman–Crippen LogP) is 1.71. The van der Waals surface area contributed by atoms with Crippen molar-refractivity contribution in [2.45, 2.75) is 40.2 Å². The van der Waals surface area contributed by atoms with Gasteiger partial charge >= 0.3 is 12.1 Å². The van der Waals surface area contributed by atoms with Crippen molar-refractivity contribution in [1.29, 1.82) is 0 Å². The molecule has 1 N–H and O–H groups in total. The van der Waals surface area contributed by atoms with Gasteiger partial charge in [-0.2, -0.15) is 0 Å². The molecule has 0 aliphatic heterocycles. The van der Waals surface area contributed by atoms with Gasteiger partial charge in [0.1, 0.15) is 6.04 Å². The summed E-state index contributed by atoms with van der Waals surface area (Å²) in [7, 11) is 0. The standard InChI is InChI=1S/C11H21NO4/c1-5-8(4)9(10(13)15-6-2)12-11(14)16-7-3/h8-9H,5-7H2,1-4H3,(H,12,14). The van der Waals surface area contributed by atoms with E-state index in [1.54, 1.807) is 13.8 Å². The van der Waals surface area contributed by atoms with Gasteiger partial charge in [-0.1, -0.05) is 20.3 Å². The minimum absolute atomic E-state index is 0.0171. The van der Waals surface area contributed by atoms with E-state index in [1.807, 2.05) is 13.8 Å². The summed E-state index contributed by atoms with van der Waals surface area (Å²) in [6, 6.07) is -0.635. The van der Waals surface area contributed by atoms with Crippen LogP contribution >= 0.6 is 0 Å². The quantitative estimate of drug-likeness (QED) is 0.707. The van der Waals surface area contributed by atoms with Crippen LogP contribution in [0.5, 0.6) is 0 Å². The van der Waals surface area contributed by atoms with Crippen molar-refractivity contribution in [3.63, 3.8) is 0 Å². The zero-order valence-electron chi connectivity index (χ0n) is 10.4. The maximum Gasteiger partial charge on any atom is 0.407 e. The summed E-state index contributed by atoms with van der Waals surface area (Å²) in [5.74, 6) is -0.395. The number of nitrogens with one attached hydrogen (secondary N) is 1. The zero-order chi connectivity index (χ0) is 12.6. The highest BCUT2D eigenvalue weighted by molar-refractivity contribution is 5.81. The molecule has 0 fully saturated rings. The minimum atomic E-state index is -0.635. The number of hydrogen-bond acceptors (Lipinski definition) is 4. The normalized spacial score (nSPS) is 13.8. The van der Waals surface area contributed by atoms with Gasteiger partial charge in [-0.15, -0.1) is 0 Å². The summed E-state index contributed by atoms with van der Waals surface area (Å²) in [6.07, 6.45) is 0.191. The van der Waals surface area contributed by atoms with Crippen LogP contribution in [0.3, 0.4) is 0 Å². The molecule has 0 aromatic heterocycles. The minimum Gasteiger partial charge on any atom is -0.464 e. The van der Waals surface area contributed by atoms with Crippen molar-refractivity contribution in [3.05, 3.63) is 0 Å². The van der Waals surface area contributed by atoms with Gasteiger partial charge in [0.25, 0.3) is 0 Å². The second-order valence-electron chi connectivity index (χ2n) is 3.48. The number of amides is 1. The van der Waals surface area contributed by atoms with Crippen molar-refractivity contribution in [1.82, 2.24) is 5.32 Å². The van der Waals surface area contributed by atoms with Gasteiger partial charge < -0.3 is 14.8 Å². The first-order valence-electron chi connectivity index (χ1n) is 5.66. The molecular weight excluding hydrogens is 210 g/mol. The van der Waals surface area contributed by atoms with Gasteiger partial charge in [0, 0.05) is 0 Å². The third kappa shape index (κ3) is 5.00. The Bertz CT molecular complexity index is 230. The van der Waals surface area contributed by atoms with Crippen molar-refractivity contribution < 1.29 is 19.1 Å². The molecule has 94 valence electrons. The van der Waals surface area contributed by atoms with Gasteiger partial charge in [-0.05, 0) is 19.8 Å². The molecule has 0 spiro atoms. The first kappa shape index (κ1) is 14.7. The smallest absolute Gasteiger partial charge is 0.407 e. The first-order valence-corrected chi connectivity index (χ1v) is 5.66. The fourth-order valence-corrected chi connectivity index (χ4v) is 1.20. The molecule has 2 atom stereocenters.